The molecule has 0 aliphatic carbocycles. The normalized spacial score (nSPS) is 19.1. The summed E-state index contributed by atoms with van der Waals surface area (Å²) in [5.74, 6) is 0.438. The number of hydrogen-bond donors (Lipinski definition) is 1. The molecule has 0 aromatic heterocycles. The van der Waals surface area contributed by atoms with Gasteiger partial charge in [0, 0.05) is 11.6 Å². The number of allylic oxidation sites excluding steroid dienone is 1. The van der Waals surface area contributed by atoms with E-state index >= 15 is 0 Å². The van der Waals surface area contributed by atoms with Gasteiger partial charge in [-0.25, -0.2) is 0 Å². The SMILES string of the molecule is COc1cccc(C2C=C(c3ccccc3)NC(=O)C2c2ccccc2)c1. The van der Waals surface area contributed by atoms with Gasteiger partial charge in [-0.3, -0.25) is 4.79 Å². The van der Waals surface area contributed by atoms with Crippen molar-refractivity contribution in [1.82, 2.24) is 5.32 Å². The summed E-state index contributed by atoms with van der Waals surface area (Å²) >= 11 is 0. The van der Waals surface area contributed by atoms with E-state index in [1.165, 1.54) is 0 Å². The fourth-order valence-corrected chi connectivity index (χ4v) is 3.63. The van der Waals surface area contributed by atoms with E-state index in [1.807, 2.05) is 78.9 Å². The van der Waals surface area contributed by atoms with Crippen molar-refractivity contribution in [2.24, 2.45) is 0 Å². The number of hydrogen-bond acceptors (Lipinski definition) is 2. The van der Waals surface area contributed by atoms with Crippen molar-refractivity contribution in [3.8, 4) is 5.75 Å². The number of amides is 1. The minimum Gasteiger partial charge on any atom is -0.497 e. The molecule has 1 aliphatic rings. The number of ether oxygens (including phenoxy) is 1. The second-order valence-electron chi connectivity index (χ2n) is 6.63. The van der Waals surface area contributed by atoms with Crippen LogP contribution in [0, 0.1) is 0 Å². The first kappa shape index (κ1) is 17.1. The molecular formula is C24H21NO2. The molecule has 2 unspecified atom stereocenters. The molecule has 3 nitrogen and oxygen atoms in total. The van der Waals surface area contributed by atoms with Gasteiger partial charge in [0.05, 0.1) is 13.0 Å². The molecule has 2 atom stereocenters. The second-order valence-corrected chi connectivity index (χ2v) is 6.63. The van der Waals surface area contributed by atoms with Crippen LogP contribution in [0.25, 0.3) is 5.70 Å². The van der Waals surface area contributed by atoms with Crippen molar-refractivity contribution in [2.45, 2.75) is 11.8 Å². The van der Waals surface area contributed by atoms with Crippen LogP contribution in [0.1, 0.15) is 28.5 Å². The topological polar surface area (TPSA) is 38.3 Å². The van der Waals surface area contributed by atoms with Crippen LogP contribution < -0.4 is 10.1 Å². The fourth-order valence-electron chi connectivity index (χ4n) is 3.63. The predicted octanol–water partition coefficient (Wildman–Crippen LogP) is 4.73. The van der Waals surface area contributed by atoms with E-state index in [2.05, 4.69) is 17.5 Å². The van der Waals surface area contributed by atoms with Crippen LogP contribution in [0.4, 0.5) is 0 Å². The highest BCUT2D eigenvalue weighted by molar-refractivity contribution is 5.95. The van der Waals surface area contributed by atoms with Crippen molar-refractivity contribution in [3.05, 3.63) is 108 Å². The molecule has 0 fully saturated rings. The van der Waals surface area contributed by atoms with Gasteiger partial charge in [-0.1, -0.05) is 78.9 Å². The Kier molecular flexibility index (Phi) is 4.75. The van der Waals surface area contributed by atoms with E-state index in [0.29, 0.717) is 0 Å². The van der Waals surface area contributed by atoms with E-state index in [9.17, 15) is 4.79 Å². The van der Waals surface area contributed by atoms with E-state index in [-0.39, 0.29) is 17.7 Å². The van der Waals surface area contributed by atoms with Gasteiger partial charge in [0.25, 0.3) is 0 Å². The van der Waals surface area contributed by atoms with Crippen LogP contribution in [-0.2, 0) is 4.79 Å². The number of rotatable bonds is 4. The minimum absolute atomic E-state index is 0.00960. The molecule has 0 saturated heterocycles. The number of nitrogens with one attached hydrogen (secondary N) is 1. The van der Waals surface area contributed by atoms with Crippen molar-refractivity contribution in [1.29, 1.82) is 0 Å². The Hall–Kier alpha value is -3.33. The predicted molar refractivity (Wildman–Crippen MR) is 107 cm³/mol. The van der Waals surface area contributed by atoms with Crippen LogP contribution in [0.15, 0.2) is 91.0 Å². The summed E-state index contributed by atoms with van der Waals surface area (Å²) in [7, 11) is 1.66. The number of methoxy groups -OCH3 is 1. The first-order chi connectivity index (χ1) is 13.3. The lowest BCUT2D eigenvalue weighted by Gasteiger charge is -2.31. The maximum Gasteiger partial charge on any atom is 0.232 e. The Bertz CT molecular complexity index is 964. The molecule has 3 aromatic carbocycles. The van der Waals surface area contributed by atoms with Gasteiger partial charge in [0.15, 0.2) is 0 Å². The Morgan fingerprint density at radius 1 is 0.815 bits per heavy atom. The maximum atomic E-state index is 13.1. The lowest BCUT2D eigenvalue weighted by molar-refractivity contribution is -0.122. The first-order valence-electron chi connectivity index (χ1n) is 9.03. The monoisotopic (exact) mass is 355 g/mol. The van der Waals surface area contributed by atoms with Crippen LogP contribution in [0.3, 0.4) is 0 Å². The van der Waals surface area contributed by atoms with Gasteiger partial charge in [-0.2, -0.15) is 0 Å². The van der Waals surface area contributed by atoms with Gasteiger partial charge >= 0.3 is 0 Å². The molecule has 1 N–H and O–H groups in total. The van der Waals surface area contributed by atoms with Crippen molar-refractivity contribution >= 4 is 11.6 Å². The molecule has 27 heavy (non-hydrogen) atoms. The molecule has 3 aromatic rings. The van der Waals surface area contributed by atoms with Crippen molar-refractivity contribution in [2.75, 3.05) is 7.11 Å². The second kappa shape index (κ2) is 7.50. The molecule has 3 heteroatoms. The Balaban J connectivity index is 1.84. The lowest BCUT2D eigenvalue weighted by Crippen LogP contribution is -2.35. The molecule has 1 amide bonds. The zero-order chi connectivity index (χ0) is 18.6. The summed E-state index contributed by atoms with van der Waals surface area (Å²) in [4.78, 5) is 13.1. The van der Waals surface area contributed by atoms with Crippen LogP contribution in [0.2, 0.25) is 0 Å². The summed E-state index contributed by atoms with van der Waals surface area (Å²) < 4.78 is 5.40. The standard InChI is InChI=1S/C24H21NO2/c1-27-20-14-8-13-19(15-20)21-16-22(17-9-4-2-5-10-17)25-24(26)23(21)18-11-6-3-7-12-18/h2-16,21,23H,1H3,(H,25,26). The lowest BCUT2D eigenvalue weighted by atomic mass is 9.78. The molecule has 0 bridgehead atoms. The Morgan fingerprint density at radius 2 is 1.48 bits per heavy atom. The zero-order valence-electron chi connectivity index (χ0n) is 15.1. The third kappa shape index (κ3) is 3.49. The van der Waals surface area contributed by atoms with Crippen molar-refractivity contribution < 1.29 is 9.53 Å². The average molecular weight is 355 g/mol. The Labute approximate surface area is 159 Å². The molecule has 0 saturated carbocycles. The van der Waals surface area contributed by atoms with Crippen molar-refractivity contribution in [3.63, 3.8) is 0 Å². The third-order valence-electron chi connectivity index (χ3n) is 4.97. The quantitative estimate of drug-likeness (QED) is 0.734. The molecular weight excluding hydrogens is 334 g/mol. The summed E-state index contributed by atoms with van der Waals surface area (Å²) in [5.41, 5.74) is 3.92. The van der Waals surface area contributed by atoms with Crippen LogP contribution >= 0.6 is 0 Å². The molecule has 1 heterocycles. The molecule has 0 spiro atoms. The third-order valence-corrected chi connectivity index (χ3v) is 4.97. The van der Waals surface area contributed by atoms with Gasteiger partial charge in [-0.05, 0) is 28.8 Å². The van der Waals surface area contributed by atoms with E-state index in [1.54, 1.807) is 7.11 Å². The summed E-state index contributed by atoms with van der Waals surface area (Å²) in [6, 6.07) is 27.9. The zero-order valence-corrected chi connectivity index (χ0v) is 15.1. The smallest absolute Gasteiger partial charge is 0.232 e. The number of carbonyl (C=O) groups excluding carboxylic acids is 1. The number of benzene rings is 3. The summed E-state index contributed by atoms with van der Waals surface area (Å²) in [6.07, 6.45) is 2.16. The summed E-state index contributed by atoms with van der Waals surface area (Å²) in [6.45, 7) is 0. The number of carbonyl (C=O) groups is 1. The van der Waals surface area contributed by atoms with Gasteiger partial charge < -0.3 is 10.1 Å². The highest BCUT2D eigenvalue weighted by Crippen LogP contribution is 2.40. The highest BCUT2D eigenvalue weighted by Gasteiger charge is 2.34. The molecule has 0 radical (unpaired) electrons. The van der Waals surface area contributed by atoms with E-state index in [4.69, 9.17) is 4.74 Å². The minimum atomic E-state index is -0.286. The van der Waals surface area contributed by atoms with Crippen LogP contribution in [0.5, 0.6) is 5.75 Å². The maximum absolute atomic E-state index is 13.1. The largest absolute Gasteiger partial charge is 0.497 e. The van der Waals surface area contributed by atoms with Crippen LogP contribution in [-0.4, -0.2) is 13.0 Å². The highest BCUT2D eigenvalue weighted by atomic mass is 16.5. The first-order valence-corrected chi connectivity index (χ1v) is 9.03. The summed E-state index contributed by atoms with van der Waals surface area (Å²) in [5, 5.41) is 3.10. The Morgan fingerprint density at radius 3 is 2.19 bits per heavy atom. The van der Waals surface area contributed by atoms with Gasteiger partial charge in [0.2, 0.25) is 5.91 Å². The van der Waals surface area contributed by atoms with E-state index in [0.717, 1.165) is 28.1 Å². The molecule has 4 rings (SSSR count). The van der Waals surface area contributed by atoms with E-state index < -0.39 is 0 Å². The van der Waals surface area contributed by atoms with Gasteiger partial charge in [0.1, 0.15) is 5.75 Å². The molecule has 1 aliphatic heterocycles. The fraction of sp³-hybridized carbons (Fsp3) is 0.125. The molecule has 134 valence electrons. The van der Waals surface area contributed by atoms with Gasteiger partial charge in [-0.15, -0.1) is 0 Å². The average Bonchev–Trinajstić information content (AvgIpc) is 2.74.